The Hall–Kier alpha value is -3.32. The van der Waals surface area contributed by atoms with E-state index >= 15 is 0 Å². The Morgan fingerprint density at radius 1 is 0.967 bits per heavy atom. The maximum absolute atomic E-state index is 12.4. The largest absolute Gasteiger partial charge is 0.497 e. The molecule has 0 aromatic heterocycles. The highest BCUT2D eigenvalue weighted by molar-refractivity contribution is 9.10. The first-order valence-corrected chi connectivity index (χ1v) is 9.90. The average molecular weight is 469 g/mol. The summed E-state index contributed by atoms with van der Waals surface area (Å²) in [5, 5.41) is 4.03. The smallest absolute Gasteiger partial charge is 0.271 e. The summed E-state index contributed by atoms with van der Waals surface area (Å²) < 4.78 is 17.2. The molecule has 7 heteroatoms. The van der Waals surface area contributed by atoms with Gasteiger partial charge in [0, 0.05) is 16.1 Å². The first kappa shape index (κ1) is 21.4. The van der Waals surface area contributed by atoms with E-state index in [1.54, 1.807) is 24.4 Å². The number of hydrogen-bond donors (Lipinski definition) is 1. The number of hydrogen-bond acceptors (Lipinski definition) is 5. The summed E-state index contributed by atoms with van der Waals surface area (Å²) in [6.07, 6.45) is 1.56. The van der Waals surface area contributed by atoms with Gasteiger partial charge in [-0.25, -0.2) is 5.43 Å². The van der Waals surface area contributed by atoms with Gasteiger partial charge >= 0.3 is 0 Å². The Morgan fingerprint density at radius 2 is 1.67 bits per heavy atom. The summed E-state index contributed by atoms with van der Waals surface area (Å²) >= 11 is 3.42. The zero-order valence-corrected chi connectivity index (χ0v) is 18.2. The van der Waals surface area contributed by atoms with Crippen molar-refractivity contribution in [1.82, 2.24) is 5.43 Å². The van der Waals surface area contributed by atoms with Crippen LogP contribution in [0.5, 0.6) is 17.2 Å². The van der Waals surface area contributed by atoms with Crippen molar-refractivity contribution in [2.24, 2.45) is 5.10 Å². The van der Waals surface area contributed by atoms with Crippen LogP contribution in [0.25, 0.3) is 0 Å². The number of carbonyl (C=O) groups excluding carboxylic acids is 1. The van der Waals surface area contributed by atoms with E-state index in [-0.39, 0.29) is 5.91 Å². The third-order valence-electron chi connectivity index (χ3n) is 4.17. The maximum Gasteiger partial charge on any atom is 0.271 e. The van der Waals surface area contributed by atoms with Gasteiger partial charge in [0.25, 0.3) is 5.91 Å². The number of nitrogens with one attached hydrogen (secondary N) is 1. The van der Waals surface area contributed by atoms with Gasteiger partial charge < -0.3 is 14.2 Å². The van der Waals surface area contributed by atoms with E-state index in [2.05, 4.69) is 26.5 Å². The van der Waals surface area contributed by atoms with Crippen molar-refractivity contribution in [1.29, 1.82) is 0 Å². The molecule has 3 rings (SSSR count). The fourth-order valence-corrected chi connectivity index (χ4v) is 2.86. The van der Waals surface area contributed by atoms with Gasteiger partial charge in [-0.05, 0) is 47.5 Å². The number of carbonyl (C=O) groups is 1. The molecular weight excluding hydrogens is 448 g/mol. The maximum atomic E-state index is 12.4. The van der Waals surface area contributed by atoms with Crippen molar-refractivity contribution in [3.63, 3.8) is 0 Å². The van der Waals surface area contributed by atoms with Gasteiger partial charge in [0.2, 0.25) is 0 Å². The normalized spacial score (nSPS) is 10.6. The van der Waals surface area contributed by atoms with Crippen LogP contribution in [0.1, 0.15) is 21.5 Å². The van der Waals surface area contributed by atoms with Crippen LogP contribution in [0.15, 0.2) is 76.3 Å². The molecule has 3 aromatic rings. The molecule has 3 aromatic carbocycles. The molecule has 0 atom stereocenters. The fourth-order valence-electron chi connectivity index (χ4n) is 2.60. The number of hydrazone groups is 1. The minimum Gasteiger partial charge on any atom is -0.497 e. The molecule has 0 heterocycles. The van der Waals surface area contributed by atoms with Gasteiger partial charge in [0.05, 0.1) is 20.4 Å². The van der Waals surface area contributed by atoms with Crippen molar-refractivity contribution < 1.29 is 19.0 Å². The summed E-state index contributed by atoms with van der Waals surface area (Å²) in [4.78, 5) is 12.4. The van der Waals surface area contributed by atoms with E-state index in [1.807, 2.05) is 48.5 Å². The van der Waals surface area contributed by atoms with Crippen molar-refractivity contribution in [2.45, 2.75) is 6.61 Å². The first-order chi connectivity index (χ1) is 14.6. The van der Waals surface area contributed by atoms with Crippen LogP contribution in [0.3, 0.4) is 0 Å². The second kappa shape index (κ2) is 10.5. The van der Waals surface area contributed by atoms with Gasteiger partial charge in [-0.15, -0.1) is 0 Å². The molecule has 0 aliphatic rings. The summed E-state index contributed by atoms with van der Waals surface area (Å²) in [5.41, 5.74) is 4.76. The van der Waals surface area contributed by atoms with Gasteiger partial charge in [-0.1, -0.05) is 40.2 Å². The van der Waals surface area contributed by atoms with Crippen LogP contribution >= 0.6 is 15.9 Å². The third kappa shape index (κ3) is 6.09. The zero-order valence-electron chi connectivity index (χ0n) is 16.6. The van der Waals surface area contributed by atoms with Crippen LogP contribution < -0.4 is 19.6 Å². The molecule has 0 spiro atoms. The fraction of sp³-hybridized carbons (Fsp3) is 0.130. The monoisotopic (exact) mass is 468 g/mol. The summed E-state index contributed by atoms with van der Waals surface area (Å²) in [5.74, 6) is 1.40. The molecule has 0 bridgehead atoms. The number of ether oxygens (including phenoxy) is 3. The Kier molecular flexibility index (Phi) is 7.45. The Balaban J connectivity index is 1.60. The van der Waals surface area contributed by atoms with Crippen molar-refractivity contribution >= 4 is 28.1 Å². The van der Waals surface area contributed by atoms with Gasteiger partial charge in [0.1, 0.15) is 23.9 Å². The van der Waals surface area contributed by atoms with Crippen LogP contribution in [-0.4, -0.2) is 26.3 Å². The Labute approximate surface area is 183 Å². The van der Waals surface area contributed by atoms with E-state index in [0.29, 0.717) is 29.4 Å². The highest BCUT2D eigenvalue weighted by Gasteiger charge is 2.09. The molecule has 0 radical (unpaired) electrons. The average Bonchev–Trinajstić information content (AvgIpc) is 2.78. The molecule has 1 amide bonds. The number of amides is 1. The molecule has 0 saturated heterocycles. The van der Waals surface area contributed by atoms with Gasteiger partial charge in [-0.3, -0.25) is 4.79 Å². The summed E-state index contributed by atoms with van der Waals surface area (Å²) in [7, 11) is 3.06. The lowest BCUT2D eigenvalue weighted by Crippen LogP contribution is -2.17. The molecule has 154 valence electrons. The zero-order chi connectivity index (χ0) is 21.3. The minimum atomic E-state index is -0.369. The third-order valence-corrected chi connectivity index (χ3v) is 4.70. The molecule has 30 heavy (non-hydrogen) atoms. The van der Waals surface area contributed by atoms with Crippen LogP contribution in [0.2, 0.25) is 0 Å². The molecule has 0 fully saturated rings. The van der Waals surface area contributed by atoms with Crippen molar-refractivity contribution in [3.8, 4) is 17.2 Å². The summed E-state index contributed by atoms with van der Waals surface area (Å²) in [6, 6.07) is 20.3. The molecule has 6 nitrogen and oxygen atoms in total. The number of rotatable bonds is 8. The topological polar surface area (TPSA) is 69.2 Å². The number of halogens is 1. The van der Waals surface area contributed by atoms with Crippen LogP contribution in [-0.2, 0) is 6.61 Å². The lowest BCUT2D eigenvalue weighted by molar-refractivity contribution is 0.0954. The number of benzene rings is 3. The van der Waals surface area contributed by atoms with E-state index in [0.717, 1.165) is 15.6 Å². The first-order valence-electron chi connectivity index (χ1n) is 9.11. The second-order valence-electron chi connectivity index (χ2n) is 6.29. The minimum absolute atomic E-state index is 0.369. The van der Waals surface area contributed by atoms with E-state index in [1.165, 1.54) is 14.2 Å². The highest BCUT2D eigenvalue weighted by atomic mass is 79.9. The predicted octanol–water partition coefficient (Wildman–Crippen LogP) is 4.81. The van der Waals surface area contributed by atoms with Crippen LogP contribution in [0, 0.1) is 0 Å². The standard InChI is InChI=1S/C23H21BrN2O4/c1-28-21-11-18(12-22(13-21)29-2)23(27)26-25-14-17-4-3-5-20(10-17)30-15-16-6-8-19(24)9-7-16/h3-14H,15H2,1-2H3,(H,26,27)/b25-14-. The van der Waals surface area contributed by atoms with E-state index in [9.17, 15) is 4.79 Å². The van der Waals surface area contributed by atoms with E-state index < -0.39 is 0 Å². The lowest BCUT2D eigenvalue weighted by Gasteiger charge is -2.08. The Morgan fingerprint density at radius 3 is 2.33 bits per heavy atom. The van der Waals surface area contributed by atoms with Gasteiger partial charge in [0.15, 0.2) is 0 Å². The number of methoxy groups -OCH3 is 2. The molecule has 0 aliphatic heterocycles. The predicted molar refractivity (Wildman–Crippen MR) is 120 cm³/mol. The Bertz CT molecular complexity index is 1010. The second-order valence-corrected chi connectivity index (χ2v) is 7.20. The quantitative estimate of drug-likeness (QED) is 0.380. The van der Waals surface area contributed by atoms with E-state index in [4.69, 9.17) is 14.2 Å². The molecule has 1 N–H and O–H groups in total. The summed E-state index contributed by atoms with van der Waals surface area (Å²) in [6.45, 7) is 0.461. The SMILES string of the molecule is COc1cc(OC)cc(C(=O)N/N=C\c2cccc(OCc3ccc(Br)cc3)c2)c1. The highest BCUT2D eigenvalue weighted by Crippen LogP contribution is 2.22. The van der Waals surface area contributed by atoms with Crippen molar-refractivity contribution in [3.05, 3.63) is 87.9 Å². The molecular formula is C23H21BrN2O4. The van der Waals surface area contributed by atoms with Gasteiger partial charge in [-0.2, -0.15) is 5.10 Å². The van der Waals surface area contributed by atoms with Crippen LogP contribution in [0.4, 0.5) is 0 Å². The lowest BCUT2D eigenvalue weighted by atomic mass is 10.2. The van der Waals surface area contributed by atoms with Crippen molar-refractivity contribution in [2.75, 3.05) is 14.2 Å². The number of nitrogens with zero attached hydrogens (tertiary/aromatic N) is 1. The molecule has 0 unspecified atom stereocenters. The molecule has 0 saturated carbocycles. The molecule has 0 aliphatic carbocycles.